The molecule has 6 nitrogen and oxygen atoms in total. The van der Waals surface area contributed by atoms with Gasteiger partial charge < -0.3 is 19.9 Å². The Hall–Kier alpha value is -2.46. The van der Waals surface area contributed by atoms with E-state index in [4.69, 9.17) is 19.9 Å². The van der Waals surface area contributed by atoms with Gasteiger partial charge in [0.15, 0.2) is 0 Å². The summed E-state index contributed by atoms with van der Waals surface area (Å²) in [6.45, 7) is 3.91. The highest BCUT2D eigenvalue weighted by atomic mass is 79.9. The molecule has 2 N–H and O–H groups in total. The maximum atomic E-state index is 12.7. The molecule has 1 aliphatic heterocycles. The molecule has 1 atom stereocenters. The minimum atomic E-state index is -0.721. The second-order valence-corrected chi connectivity index (χ2v) is 6.53. The third-order valence-electron chi connectivity index (χ3n) is 3.97. The van der Waals surface area contributed by atoms with Crippen LogP contribution in [0.15, 0.2) is 45.5 Å². The zero-order valence-corrected chi connectivity index (χ0v) is 16.6. The number of carbonyl (C=O) groups is 1. The number of carbonyl (C=O) groups excluding carboxylic acids is 1. The molecular formula is C19H21BrN2O4. The number of rotatable bonds is 6. The Morgan fingerprint density at radius 3 is 2.73 bits per heavy atom. The minimum absolute atomic E-state index is 0.00368. The van der Waals surface area contributed by atoms with Gasteiger partial charge in [-0.1, -0.05) is 22.9 Å². The van der Waals surface area contributed by atoms with Crippen molar-refractivity contribution in [2.45, 2.75) is 32.6 Å². The fraction of sp³-hybridized carbons (Fsp3) is 0.368. The van der Waals surface area contributed by atoms with E-state index in [0.29, 0.717) is 23.5 Å². The van der Waals surface area contributed by atoms with Crippen LogP contribution in [0.1, 0.15) is 38.2 Å². The molecule has 0 fully saturated rings. The van der Waals surface area contributed by atoms with Gasteiger partial charge in [-0.2, -0.15) is 5.26 Å². The van der Waals surface area contributed by atoms with Crippen molar-refractivity contribution in [1.82, 2.24) is 0 Å². The summed E-state index contributed by atoms with van der Waals surface area (Å²) in [5.41, 5.74) is 7.08. The first-order chi connectivity index (χ1) is 12.5. The molecule has 0 bridgehead atoms. The normalized spacial score (nSPS) is 16.8. The van der Waals surface area contributed by atoms with Crippen molar-refractivity contribution in [3.63, 3.8) is 0 Å². The van der Waals surface area contributed by atoms with Crippen molar-refractivity contribution in [3.05, 3.63) is 51.0 Å². The monoisotopic (exact) mass is 420 g/mol. The first-order valence-electron chi connectivity index (χ1n) is 8.29. The Bertz CT molecular complexity index is 808. The van der Waals surface area contributed by atoms with Crippen LogP contribution in [-0.2, 0) is 14.3 Å². The molecule has 1 aromatic carbocycles. The number of hydrogen-bond donors (Lipinski definition) is 1. The van der Waals surface area contributed by atoms with Crippen LogP contribution in [-0.4, -0.2) is 19.7 Å². The van der Waals surface area contributed by atoms with Gasteiger partial charge >= 0.3 is 5.97 Å². The van der Waals surface area contributed by atoms with Gasteiger partial charge in [-0.15, -0.1) is 0 Å². The molecule has 0 spiro atoms. The molecule has 0 aliphatic carbocycles. The van der Waals surface area contributed by atoms with E-state index in [-0.39, 0.29) is 23.6 Å². The maximum Gasteiger partial charge on any atom is 0.338 e. The molecule has 1 heterocycles. The average Bonchev–Trinajstić information content (AvgIpc) is 2.61. The fourth-order valence-corrected chi connectivity index (χ4v) is 3.28. The average molecular weight is 421 g/mol. The molecule has 1 aliphatic rings. The highest BCUT2D eigenvalue weighted by molar-refractivity contribution is 9.10. The van der Waals surface area contributed by atoms with Gasteiger partial charge in [0.05, 0.1) is 25.2 Å². The lowest BCUT2D eigenvalue weighted by atomic mass is 9.82. The van der Waals surface area contributed by atoms with E-state index in [0.717, 1.165) is 10.9 Å². The summed E-state index contributed by atoms with van der Waals surface area (Å²) in [6, 6.07) is 7.47. The lowest BCUT2D eigenvalue weighted by Crippen LogP contribution is -2.26. The van der Waals surface area contributed by atoms with Gasteiger partial charge in [0.25, 0.3) is 0 Å². The molecule has 0 radical (unpaired) electrons. The number of nitrogens with zero attached hydrogens (tertiary/aromatic N) is 1. The molecule has 138 valence electrons. The summed E-state index contributed by atoms with van der Waals surface area (Å²) in [7, 11) is 1.53. The fourth-order valence-electron chi connectivity index (χ4n) is 2.91. The Labute approximate surface area is 161 Å². The topological polar surface area (TPSA) is 94.6 Å². The van der Waals surface area contributed by atoms with Crippen LogP contribution in [0.2, 0.25) is 0 Å². The van der Waals surface area contributed by atoms with Crippen LogP contribution in [0.5, 0.6) is 5.75 Å². The Balaban J connectivity index is 2.76. The minimum Gasteiger partial charge on any atom is -0.496 e. The van der Waals surface area contributed by atoms with Crippen molar-refractivity contribution < 1.29 is 19.0 Å². The Morgan fingerprint density at radius 2 is 2.15 bits per heavy atom. The first kappa shape index (κ1) is 19.9. The second-order valence-electron chi connectivity index (χ2n) is 5.62. The summed E-state index contributed by atoms with van der Waals surface area (Å²) in [5.74, 6) is -0.283. The third kappa shape index (κ3) is 3.86. The molecule has 26 heavy (non-hydrogen) atoms. The molecular weight excluding hydrogens is 400 g/mol. The van der Waals surface area contributed by atoms with Gasteiger partial charge in [0.2, 0.25) is 5.88 Å². The summed E-state index contributed by atoms with van der Waals surface area (Å²) in [6.07, 6.45) is 1.25. The largest absolute Gasteiger partial charge is 0.496 e. The van der Waals surface area contributed by atoms with E-state index in [1.165, 1.54) is 7.11 Å². The van der Waals surface area contributed by atoms with Crippen LogP contribution in [0.4, 0.5) is 0 Å². The Morgan fingerprint density at radius 1 is 1.42 bits per heavy atom. The zero-order chi connectivity index (χ0) is 19.3. The van der Waals surface area contributed by atoms with Crippen LogP contribution >= 0.6 is 15.9 Å². The standard InChI is InChI=1S/C19H21BrN2O4/c1-4-6-15-17(19(23)25-5-2)16(13(10-21)18(22)26-15)12-9-11(20)7-8-14(12)24-3/h7-9,16H,4-6,22H2,1-3H3/t16-/m1/s1. The molecule has 0 saturated heterocycles. The smallest absolute Gasteiger partial charge is 0.338 e. The summed E-state index contributed by atoms with van der Waals surface area (Å²) < 4.78 is 17.1. The first-order valence-corrected chi connectivity index (χ1v) is 9.08. The number of nitrogens with two attached hydrogens (primary N) is 1. The lowest BCUT2D eigenvalue weighted by Gasteiger charge is -2.29. The number of esters is 1. The predicted octanol–water partition coefficient (Wildman–Crippen LogP) is 3.88. The van der Waals surface area contributed by atoms with Crippen molar-refractivity contribution in [3.8, 4) is 11.8 Å². The number of benzene rings is 1. The number of methoxy groups -OCH3 is 1. The van der Waals surface area contributed by atoms with Gasteiger partial charge in [-0.05, 0) is 31.5 Å². The molecule has 1 aromatic rings. The second kappa shape index (κ2) is 8.77. The highest BCUT2D eigenvalue weighted by Gasteiger charge is 2.38. The van der Waals surface area contributed by atoms with Gasteiger partial charge in [0, 0.05) is 16.5 Å². The number of halogens is 1. The van der Waals surface area contributed by atoms with Crippen LogP contribution in [0, 0.1) is 11.3 Å². The quantitative estimate of drug-likeness (QED) is 0.701. The SMILES string of the molecule is CCCC1=C(C(=O)OCC)[C@H](c2cc(Br)ccc2OC)C(C#N)=C(N)O1. The van der Waals surface area contributed by atoms with Gasteiger partial charge in [0.1, 0.15) is 23.2 Å². The van der Waals surface area contributed by atoms with E-state index in [9.17, 15) is 10.1 Å². The molecule has 0 amide bonds. The molecule has 2 rings (SSSR count). The van der Waals surface area contributed by atoms with Crippen molar-refractivity contribution in [2.24, 2.45) is 5.73 Å². The summed E-state index contributed by atoms with van der Waals surface area (Å²) in [4.78, 5) is 12.7. The van der Waals surface area contributed by atoms with E-state index in [1.807, 2.05) is 19.1 Å². The highest BCUT2D eigenvalue weighted by Crippen LogP contribution is 2.44. The number of hydrogen-bond acceptors (Lipinski definition) is 6. The third-order valence-corrected chi connectivity index (χ3v) is 4.47. The van der Waals surface area contributed by atoms with Crippen LogP contribution in [0.3, 0.4) is 0 Å². The van der Waals surface area contributed by atoms with Crippen molar-refractivity contribution in [1.29, 1.82) is 5.26 Å². The molecule has 0 saturated carbocycles. The van der Waals surface area contributed by atoms with E-state index in [1.54, 1.807) is 13.0 Å². The Kier molecular flexibility index (Phi) is 6.70. The van der Waals surface area contributed by atoms with Crippen molar-refractivity contribution in [2.75, 3.05) is 13.7 Å². The van der Waals surface area contributed by atoms with E-state index >= 15 is 0 Å². The predicted molar refractivity (Wildman–Crippen MR) is 99.9 cm³/mol. The zero-order valence-electron chi connectivity index (χ0n) is 15.0. The molecule has 0 aromatic heterocycles. The van der Waals surface area contributed by atoms with Crippen molar-refractivity contribution >= 4 is 21.9 Å². The van der Waals surface area contributed by atoms with Gasteiger partial charge in [-0.3, -0.25) is 0 Å². The van der Waals surface area contributed by atoms with E-state index < -0.39 is 11.9 Å². The summed E-state index contributed by atoms with van der Waals surface area (Å²) in [5, 5.41) is 9.68. The molecule has 0 unspecified atom stereocenters. The number of nitriles is 1. The van der Waals surface area contributed by atoms with Gasteiger partial charge in [-0.25, -0.2) is 4.79 Å². The van der Waals surface area contributed by atoms with Crippen LogP contribution < -0.4 is 10.5 Å². The number of allylic oxidation sites excluding steroid dienone is 2. The van der Waals surface area contributed by atoms with E-state index in [2.05, 4.69) is 22.0 Å². The lowest BCUT2D eigenvalue weighted by molar-refractivity contribution is -0.139. The van der Waals surface area contributed by atoms with Crippen LogP contribution in [0.25, 0.3) is 0 Å². The summed E-state index contributed by atoms with van der Waals surface area (Å²) >= 11 is 3.43. The number of ether oxygens (including phenoxy) is 3. The maximum absolute atomic E-state index is 12.7. The molecule has 7 heteroatoms.